The van der Waals surface area contributed by atoms with Gasteiger partial charge in [-0.3, -0.25) is 14.5 Å². The van der Waals surface area contributed by atoms with E-state index in [1.807, 2.05) is 36.1 Å². The number of ether oxygens (including phenoxy) is 2. The molecule has 1 saturated heterocycles. The summed E-state index contributed by atoms with van der Waals surface area (Å²) in [5.74, 6) is -0.516. The van der Waals surface area contributed by atoms with Gasteiger partial charge in [-0.05, 0) is 39.2 Å². The van der Waals surface area contributed by atoms with Gasteiger partial charge in [0.05, 0.1) is 13.2 Å². The van der Waals surface area contributed by atoms with Crippen LogP contribution in [0, 0.1) is 6.92 Å². The average Bonchev–Trinajstić information content (AvgIpc) is 2.94. The molecule has 2 atom stereocenters. The van der Waals surface area contributed by atoms with E-state index in [4.69, 9.17) is 9.47 Å². The van der Waals surface area contributed by atoms with Crippen LogP contribution in [0.25, 0.3) is 0 Å². The molecule has 126 valence electrons. The normalized spacial score (nSPS) is 21.2. The lowest BCUT2D eigenvalue weighted by Crippen LogP contribution is -2.44. The van der Waals surface area contributed by atoms with Crippen molar-refractivity contribution in [2.45, 2.75) is 52.2 Å². The van der Waals surface area contributed by atoms with Crippen LogP contribution in [0.15, 0.2) is 24.3 Å². The number of rotatable bonds is 6. The number of aryl methyl sites for hydroxylation is 1. The molecule has 0 bridgehead atoms. The Balaban J connectivity index is 2.18. The van der Waals surface area contributed by atoms with Crippen LogP contribution in [0.3, 0.4) is 0 Å². The number of hydrogen-bond acceptors (Lipinski definition) is 5. The molecule has 1 fully saturated rings. The molecule has 1 aromatic rings. The summed E-state index contributed by atoms with van der Waals surface area (Å²) in [6.45, 7) is 6.84. The lowest BCUT2D eigenvalue weighted by atomic mass is 10.1. The van der Waals surface area contributed by atoms with Gasteiger partial charge in [0.2, 0.25) is 0 Å². The largest absolute Gasteiger partial charge is 0.465 e. The Morgan fingerprint density at radius 2 is 1.48 bits per heavy atom. The van der Waals surface area contributed by atoms with Crippen LogP contribution >= 0.6 is 0 Å². The second-order valence-corrected chi connectivity index (χ2v) is 5.77. The van der Waals surface area contributed by atoms with Crippen molar-refractivity contribution < 1.29 is 19.1 Å². The van der Waals surface area contributed by atoms with Gasteiger partial charge < -0.3 is 9.47 Å². The van der Waals surface area contributed by atoms with Gasteiger partial charge in [-0.15, -0.1) is 0 Å². The second-order valence-electron chi connectivity index (χ2n) is 5.77. The summed E-state index contributed by atoms with van der Waals surface area (Å²) < 4.78 is 10.3. The minimum atomic E-state index is -0.384. The summed E-state index contributed by atoms with van der Waals surface area (Å²) in [4.78, 5) is 26.3. The van der Waals surface area contributed by atoms with Crippen molar-refractivity contribution in [2.24, 2.45) is 0 Å². The first kappa shape index (κ1) is 17.5. The molecule has 1 aliphatic rings. The third-order valence-electron chi connectivity index (χ3n) is 4.12. The van der Waals surface area contributed by atoms with Crippen molar-refractivity contribution in [3.63, 3.8) is 0 Å². The average molecular weight is 319 g/mol. The Morgan fingerprint density at radius 3 is 1.91 bits per heavy atom. The minimum Gasteiger partial charge on any atom is -0.465 e. The van der Waals surface area contributed by atoms with E-state index in [0.717, 1.165) is 5.56 Å². The summed E-state index contributed by atoms with van der Waals surface area (Å²) in [7, 11) is 0. The van der Waals surface area contributed by atoms with E-state index in [1.165, 1.54) is 5.56 Å². The van der Waals surface area contributed by atoms with Crippen molar-refractivity contribution in [3.05, 3.63) is 35.4 Å². The number of benzene rings is 1. The molecule has 0 saturated carbocycles. The molecular formula is C18H25NO4. The molecule has 5 nitrogen and oxygen atoms in total. The van der Waals surface area contributed by atoms with E-state index in [0.29, 0.717) is 32.6 Å². The molecule has 0 aromatic heterocycles. The molecule has 2 rings (SSSR count). The first-order valence-electron chi connectivity index (χ1n) is 8.21. The van der Waals surface area contributed by atoms with Gasteiger partial charge in [-0.2, -0.15) is 0 Å². The fourth-order valence-electron chi connectivity index (χ4n) is 2.97. The van der Waals surface area contributed by atoms with E-state index >= 15 is 0 Å². The predicted molar refractivity (Wildman–Crippen MR) is 86.8 cm³/mol. The van der Waals surface area contributed by atoms with Gasteiger partial charge in [0.15, 0.2) is 0 Å². The zero-order valence-corrected chi connectivity index (χ0v) is 14.1. The summed E-state index contributed by atoms with van der Waals surface area (Å²) >= 11 is 0. The molecule has 23 heavy (non-hydrogen) atoms. The van der Waals surface area contributed by atoms with Crippen LogP contribution in [-0.4, -0.2) is 42.1 Å². The van der Waals surface area contributed by atoms with Gasteiger partial charge in [0.1, 0.15) is 12.1 Å². The van der Waals surface area contributed by atoms with Crippen molar-refractivity contribution in [1.82, 2.24) is 4.90 Å². The van der Waals surface area contributed by atoms with Crippen LogP contribution in [0.4, 0.5) is 0 Å². The zero-order valence-electron chi connectivity index (χ0n) is 14.1. The minimum absolute atomic E-state index is 0.258. The summed E-state index contributed by atoms with van der Waals surface area (Å²) in [5.41, 5.74) is 2.25. The quantitative estimate of drug-likeness (QED) is 0.754. The zero-order chi connectivity index (χ0) is 16.8. The Hall–Kier alpha value is -1.88. The van der Waals surface area contributed by atoms with Crippen LogP contribution in [0.1, 0.15) is 37.8 Å². The first-order valence-corrected chi connectivity index (χ1v) is 8.21. The van der Waals surface area contributed by atoms with E-state index in [2.05, 4.69) is 0 Å². The first-order chi connectivity index (χ1) is 11.1. The summed E-state index contributed by atoms with van der Waals surface area (Å²) in [6, 6.07) is 7.35. The van der Waals surface area contributed by atoms with Crippen molar-refractivity contribution in [3.8, 4) is 0 Å². The molecule has 1 aromatic carbocycles. The third kappa shape index (κ3) is 4.32. The Morgan fingerprint density at radius 1 is 1.00 bits per heavy atom. The molecule has 5 heteroatoms. The maximum Gasteiger partial charge on any atom is 0.323 e. The highest BCUT2D eigenvalue weighted by atomic mass is 16.5. The van der Waals surface area contributed by atoms with Crippen molar-refractivity contribution >= 4 is 11.9 Å². The highest BCUT2D eigenvalue weighted by Gasteiger charge is 2.42. The molecule has 1 heterocycles. The van der Waals surface area contributed by atoms with Crippen LogP contribution in [0.2, 0.25) is 0 Å². The van der Waals surface area contributed by atoms with Crippen LogP contribution in [-0.2, 0) is 25.6 Å². The third-order valence-corrected chi connectivity index (χ3v) is 4.12. The molecule has 0 aliphatic carbocycles. The molecule has 0 amide bonds. The van der Waals surface area contributed by atoms with Crippen LogP contribution in [0.5, 0.6) is 0 Å². The lowest BCUT2D eigenvalue weighted by Gasteiger charge is -2.27. The smallest absolute Gasteiger partial charge is 0.323 e. The van der Waals surface area contributed by atoms with Crippen LogP contribution < -0.4 is 0 Å². The molecule has 0 unspecified atom stereocenters. The Labute approximate surface area is 137 Å². The van der Waals surface area contributed by atoms with E-state index in [9.17, 15) is 9.59 Å². The van der Waals surface area contributed by atoms with Gasteiger partial charge in [0.25, 0.3) is 0 Å². The highest BCUT2D eigenvalue weighted by molar-refractivity contribution is 5.81. The number of likely N-dealkylation sites (tertiary alicyclic amines) is 1. The molecule has 0 N–H and O–H groups in total. The van der Waals surface area contributed by atoms with E-state index in [1.54, 1.807) is 13.8 Å². The number of carbonyl (C=O) groups excluding carboxylic acids is 2. The Kier molecular flexibility index (Phi) is 6.16. The molecule has 1 aliphatic heterocycles. The standard InChI is InChI=1S/C18H25NO4/c1-4-22-17(20)15-10-11-16(18(21)23-5-2)19(15)12-14-8-6-13(3)7-9-14/h6-9,15-16H,4-5,10-12H2,1-3H3/t15-,16-/m1/s1. The fraction of sp³-hybridized carbons (Fsp3) is 0.556. The fourth-order valence-corrected chi connectivity index (χ4v) is 2.97. The maximum atomic E-state index is 12.2. The number of esters is 2. The molecular weight excluding hydrogens is 294 g/mol. The summed E-state index contributed by atoms with van der Waals surface area (Å²) in [5, 5.41) is 0. The van der Waals surface area contributed by atoms with E-state index in [-0.39, 0.29) is 24.0 Å². The molecule has 0 spiro atoms. The monoisotopic (exact) mass is 319 g/mol. The second kappa shape index (κ2) is 8.11. The van der Waals surface area contributed by atoms with E-state index < -0.39 is 0 Å². The SMILES string of the molecule is CCOC(=O)[C@H]1CC[C@H](C(=O)OCC)N1Cc1ccc(C)cc1. The topological polar surface area (TPSA) is 55.8 Å². The summed E-state index contributed by atoms with van der Waals surface area (Å²) in [6.07, 6.45) is 1.24. The highest BCUT2D eigenvalue weighted by Crippen LogP contribution is 2.28. The van der Waals surface area contributed by atoms with Crippen molar-refractivity contribution in [1.29, 1.82) is 0 Å². The van der Waals surface area contributed by atoms with Gasteiger partial charge >= 0.3 is 11.9 Å². The lowest BCUT2D eigenvalue weighted by molar-refractivity contribution is -0.153. The number of hydrogen-bond donors (Lipinski definition) is 0. The molecule has 0 radical (unpaired) electrons. The van der Waals surface area contributed by atoms with Crippen molar-refractivity contribution in [2.75, 3.05) is 13.2 Å². The van der Waals surface area contributed by atoms with Gasteiger partial charge in [-0.1, -0.05) is 29.8 Å². The van der Waals surface area contributed by atoms with Gasteiger partial charge in [-0.25, -0.2) is 0 Å². The maximum absolute atomic E-state index is 12.2. The number of carbonyl (C=O) groups is 2. The van der Waals surface area contributed by atoms with Gasteiger partial charge in [0, 0.05) is 6.54 Å². The predicted octanol–water partition coefficient (Wildman–Crippen LogP) is 2.45. The number of nitrogens with zero attached hydrogens (tertiary/aromatic N) is 1. The Bertz CT molecular complexity index is 514.